The van der Waals surface area contributed by atoms with Crippen LogP contribution in [-0.2, 0) is 0 Å². The first-order chi connectivity index (χ1) is 8.56. The van der Waals surface area contributed by atoms with Crippen molar-refractivity contribution >= 4 is 27.5 Å². The van der Waals surface area contributed by atoms with Gasteiger partial charge in [-0.05, 0) is 73.6 Å². The van der Waals surface area contributed by atoms with Crippen LogP contribution in [0, 0.1) is 31.6 Å². The summed E-state index contributed by atoms with van der Waals surface area (Å²) < 4.78 is 0. The van der Waals surface area contributed by atoms with E-state index in [0.29, 0.717) is 4.83 Å². The molecule has 0 amide bonds. The molecule has 3 rings (SSSR count). The lowest BCUT2D eigenvalue weighted by Crippen LogP contribution is -2.16. The lowest BCUT2D eigenvalue weighted by atomic mass is 9.83. The van der Waals surface area contributed by atoms with E-state index < -0.39 is 0 Å². The number of halogens is 2. The number of hydrogen-bond acceptors (Lipinski definition) is 0. The van der Waals surface area contributed by atoms with Crippen LogP contribution in [0.5, 0.6) is 0 Å². The second-order valence-corrected chi connectivity index (χ2v) is 7.59. The minimum atomic E-state index is 0.444. The molecule has 0 spiro atoms. The highest BCUT2D eigenvalue weighted by Gasteiger charge is 2.43. The smallest absolute Gasteiger partial charge is 0.0452 e. The maximum absolute atomic E-state index is 6.45. The standard InChI is InChI=1S/C16H20BrCl/c1-9-5-14(15(18)6-10(9)2)16(17)13-8-11-3-4-12(13)7-11/h5-6,11-13,16H,3-4,7-8H2,1-2H3. The average molecular weight is 328 g/mol. The molecule has 2 saturated carbocycles. The fourth-order valence-electron chi connectivity index (χ4n) is 3.90. The van der Waals surface area contributed by atoms with Crippen LogP contribution in [0.3, 0.4) is 0 Å². The minimum Gasteiger partial charge on any atom is -0.0840 e. The van der Waals surface area contributed by atoms with Crippen LogP contribution in [0.2, 0.25) is 5.02 Å². The third-order valence-electron chi connectivity index (χ3n) is 5.08. The minimum absolute atomic E-state index is 0.444. The van der Waals surface area contributed by atoms with Crippen molar-refractivity contribution in [2.45, 2.75) is 44.4 Å². The molecule has 2 fully saturated rings. The maximum Gasteiger partial charge on any atom is 0.0452 e. The summed E-state index contributed by atoms with van der Waals surface area (Å²) >= 11 is 10.4. The quantitative estimate of drug-likeness (QED) is 0.600. The van der Waals surface area contributed by atoms with Crippen molar-refractivity contribution in [2.24, 2.45) is 17.8 Å². The van der Waals surface area contributed by atoms with Gasteiger partial charge in [0, 0.05) is 9.85 Å². The van der Waals surface area contributed by atoms with Gasteiger partial charge >= 0.3 is 0 Å². The van der Waals surface area contributed by atoms with Gasteiger partial charge in [-0.25, -0.2) is 0 Å². The monoisotopic (exact) mass is 326 g/mol. The fourth-order valence-corrected chi connectivity index (χ4v) is 5.39. The Balaban J connectivity index is 1.88. The summed E-state index contributed by atoms with van der Waals surface area (Å²) in [6, 6.07) is 4.40. The van der Waals surface area contributed by atoms with E-state index >= 15 is 0 Å². The normalized spacial score (nSPS) is 31.9. The third kappa shape index (κ3) is 2.14. The lowest BCUT2D eigenvalue weighted by Gasteiger charge is -2.28. The first-order valence-corrected chi connectivity index (χ1v) is 8.26. The molecule has 1 aromatic rings. The van der Waals surface area contributed by atoms with Crippen molar-refractivity contribution in [1.29, 1.82) is 0 Å². The number of alkyl halides is 1. The molecular weight excluding hydrogens is 308 g/mol. The zero-order chi connectivity index (χ0) is 12.9. The van der Waals surface area contributed by atoms with Crippen LogP contribution in [0.15, 0.2) is 12.1 Å². The molecule has 0 heterocycles. The first-order valence-electron chi connectivity index (χ1n) is 6.97. The van der Waals surface area contributed by atoms with Gasteiger partial charge in [-0.15, -0.1) is 0 Å². The van der Waals surface area contributed by atoms with Crippen LogP contribution in [0.4, 0.5) is 0 Å². The van der Waals surface area contributed by atoms with Crippen LogP contribution in [0.25, 0.3) is 0 Å². The lowest BCUT2D eigenvalue weighted by molar-refractivity contribution is 0.329. The second-order valence-electron chi connectivity index (χ2n) is 6.20. The molecule has 98 valence electrons. The van der Waals surface area contributed by atoms with Crippen molar-refractivity contribution in [3.05, 3.63) is 33.8 Å². The Morgan fingerprint density at radius 3 is 2.50 bits per heavy atom. The molecule has 1 aromatic carbocycles. The summed E-state index contributed by atoms with van der Waals surface area (Å²) in [5, 5.41) is 0.933. The number of hydrogen-bond donors (Lipinski definition) is 0. The van der Waals surface area contributed by atoms with E-state index in [9.17, 15) is 0 Å². The number of rotatable bonds is 2. The molecule has 0 nitrogen and oxygen atoms in total. The van der Waals surface area contributed by atoms with Gasteiger partial charge in [0.15, 0.2) is 0 Å². The number of aryl methyl sites for hydroxylation is 2. The highest BCUT2D eigenvalue weighted by Crippen LogP contribution is 2.55. The van der Waals surface area contributed by atoms with Gasteiger partial charge in [-0.3, -0.25) is 0 Å². The summed E-state index contributed by atoms with van der Waals surface area (Å²) in [6.45, 7) is 4.31. The van der Waals surface area contributed by atoms with Gasteiger partial charge in [0.1, 0.15) is 0 Å². The predicted octanol–water partition coefficient (Wildman–Crippen LogP) is 5.83. The van der Waals surface area contributed by atoms with Crippen LogP contribution >= 0.6 is 27.5 Å². The second kappa shape index (κ2) is 4.83. The molecular formula is C16H20BrCl. The molecule has 0 aliphatic heterocycles. The van der Waals surface area contributed by atoms with Crippen molar-refractivity contribution in [1.82, 2.24) is 0 Å². The molecule has 4 unspecified atom stereocenters. The first kappa shape index (κ1) is 13.0. The Kier molecular flexibility index (Phi) is 3.49. The largest absolute Gasteiger partial charge is 0.0840 e. The zero-order valence-electron chi connectivity index (χ0n) is 11.0. The summed E-state index contributed by atoms with van der Waals surface area (Å²) in [4.78, 5) is 0.444. The molecule has 0 N–H and O–H groups in total. The molecule has 2 bridgehead atoms. The molecule has 18 heavy (non-hydrogen) atoms. The van der Waals surface area contributed by atoms with Crippen molar-refractivity contribution in [3.8, 4) is 0 Å². The average Bonchev–Trinajstić information content (AvgIpc) is 2.95. The van der Waals surface area contributed by atoms with Gasteiger partial charge in [-0.1, -0.05) is 40.0 Å². The number of fused-ring (bicyclic) bond motifs is 2. The van der Waals surface area contributed by atoms with Crippen molar-refractivity contribution in [2.75, 3.05) is 0 Å². The highest BCUT2D eigenvalue weighted by molar-refractivity contribution is 9.09. The Labute approximate surface area is 123 Å². The van der Waals surface area contributed by atoms with Gasteiger partial charge in [0.25, 0.3) is 0 Å². The SMILES string of the molecule is Cc1cc(Cl)c(C(Br)C2CC3CCC2C3)cc1C. The van der Waals surface area contributed by atoms with E-state index in [0.717, 1.165) is 22.8 Å². The van der Waals surface area contributed by atoms with Gasteiger partial charge < -0.3 is 0 Å². The van der Waals surface area contributed by atoms with Gasteiger partial charge in [0.05, 0.1) is 0 Å². The maximum atomic E-state index is 6.45. The Hall–Kier alpha value is -0.0100. The Morgan fingerprint density at radius 1 is 1.17 bits per heavy atom. The van der Waals surface area contributed by atoms with E-state index in [4.69, 9.17) is 11.6 Å². The van der Waals surface area contributed by atoms with Gasteiger partial charge in [-0.2, -0.15) is 0 Å². The van der Waals surface area contributed by atoms with Crippen LogP contribution < -0.4 is 0 Å². The van der Waals surface area contributed by atoms with Crippen LogP contribution in [-0.4, -0.2) is 0 Å². The molecule has 2 aliphatic carbocycles. The van der Waals surface area contributed by atoms with E-state index in [1.165, 1.54) is 42.4 Å². The summed E-state index contributed by atoms with van der Waals surface area (Å²) in [5.74, 6) is 2.71. The van der Waals surface area contributed by atoms with E-state index in [-0.39, 0.29) is 0 Å². The van der Waals surface area contributed by atoms with E-state index in [2.05, 4.69) is 41.9 Å². The van der Waals surface area contributed by atoms with E-state index in [1.54, 1.807) is 0 Å². The van der Waals surface area contributed by atoms with Gasteiger partial charge in [0.2, 0.25) is 0 Å². The van der Waals surface area contributed by atoms with E-state index in [1.807, 2.05) is 0 Å². The van der Waals surface area contributed by atoms with Crippen molar-refractivity contribution < 1.29 is 0 Å². The molecule has 2 heteroatoms. The molecule has 0 saturated heterocycles. The molecule has 0 aromatic heterocycles. The molecule has 4 atom stereocenters. The molecule has 2 aliphatic rings. The third-order valence-corrected chi connectivity index (χ3v) is 6.58. The Morgan fingerprint density at radius 2 is 1.89 bits per heavy atom. The fraction of sp³-hybridized carbons (Fsp3) is 0.625. The zero-order valence-corrected chi connectivity index (χ0v) is 13.4. The molecule has 0 radical (unpaired) electrons. The summed E-state index contributed by atoms with van der Waals surface area (Å²) in [5.41, 5.74) is 3.94. The predicted molar refractivity (Wildman–Crippen MR) is 81.5 cm³/mol. The topological polar surface area (TPSA) is 0 Å². The Bertz CT molecular complexity index is 468. The van der Waals surface area contributed by atoms with Crippen molar-refractivity contribution in [3.63, 3.8) is 0 Å². The van der Waals surface area contributed by atoms with Crippen LogP contribution in [0.1, 0.15) is 47.2 Å². The highest BCUT2D eigenvalue weighted by atomic mass is 79.9. The number of benzene rings is 1. The summed E-state index contributed by atoms with van der Waals surface area (Å²) in [6.07, 6.45) is 5.74. The summed E-state index contributed by atoms with van der Waals surface area (Å²) in [7, 11) is 0.